The van der Waals surface area contributed by atoms with Gasteiger partial charge in [-0.05, 0) is 11.8 Å². The minimum absolute atomic E-state index is 0.121. The average molecular weight is 297 g/mol. The highest BCUT2D eigenvalue weighted by molar-refractivity contribution is 6.34. The first-order chi connectivity index (χ1) is 8.27. The van der Waals surface area contributed by atoms with E-state index in [0.717, 1.165) is 0 Å². The third-order valence-corrected chi connectivity index (χ3v) is 3.65. The van der Waals surface area contributed by atoms with E-state index in [0.29, 0.717) is 0 Å². The Morgan fingerprint density at radius 2 is 1.33 bits per heavy atom. The van der Waals surface area contributed by atoms with Crippen LogP contribution in [-0.4, -0.2) is 40.6 Å². The zero-order valence-electron chi connectivity index (χ0n) is 11.3. The highest BCUT2D eigenvalue weighted by atomic mass is 35.5. The van der Waals surface area contributed by atoms with Crippen molar-refractivity contribution in [2.75, 3.05) is 11.8 Å². The molecule has 0 bridgehead atoms. The molecule has 4 nitrogen and oxygen atoms in total. The van der Waals surface area contributed by atoms with Gasteiger partial charge in [-0.25, -0.2) is 0 Å². The molecule has 2 N–H and O–H groups in total. The molecule has 2 unspecified atom stereocenters. The predicted molar refractivity (Wildman–Crippen MR) is 74.7 cm³/mol. The Hall–Kier alpha value is -0.480. The van der Waals surface area contributed by atoms with E-state index >= 15 is 0 Å². The number of alkyl halides is 2. The Morgan fingerprint density at radius 1 is 1.00 bits per heavy atom. The predicted octanol–water partition coefficient (Wildman–Crippen LogP) is 1.83. The summed E-state index contributed by atoms with van der Waals surface area (Å²) in [4.78, 5) is 24.6. The molecule has 0 spiro atoms. The highest BCUT2D eigenvalue weighted by Gasteiger charge is 2.35. The van der Waals surface area contributed by atoms with Crippen molar-refractivity contribution in [1.29, 1.82) is 0 Å². The summed E-state index contributed by atoms with van der Waals surface area (Å²) in [5.74, 6) is -0.950. The summed E-state index contributed by atoms with van der Waals surface area (Å²) in [5.41, 5.74) is 5.11. The molecule has 0 aromatic rings. The molecule has 18 heavy (non-hydrogen) atoms. The fraction of sp³-hybridized carbons (Fsp3) is 0.833. The summed E-state index contributed by atoms with van der Waals surface area (Å²) in [6, 6.07) is -0.504. The van der Waals surface area contributed by atoms with Crippen LogP contribution in [0.25, 0.3) is 0 Å². The molecule has 0 aromatic heterocycles. The number of amides is 2. The first-order valence-electron chi connectivity index (χ1n) is 6.01. The lowest BCUT2D eigenvalue weighted by Gasteiger charge is -2.39. The highest BCUT2D eigenvalue weighted by Crippen LogP contribution is 2.21. The summed E-state index contributed by atoms with van der Waals surface area (Å²) in [6.45, 7) is 7.78. The number of hydrogen-bond acceptors (Lipinski definition) is 2. The molecule has 0 aliphatic carbocycles. The number of carbonyl (C=O) groups is 2. The van der Waals surface area contributed by atoms with Crippen molar-refractivity contribution in [1.82, 2.24) is 4.90 Å². The van der Waals surface area contributed by atoms with E-state index in [1.807, 2.05) is 27.7 Å². The van der Waals surface area contributed by atoms with Gasteiger partial charge in [0.25, 0.3) is 0 Å². The lowest BCUT2D eigenvalue weighted by Crippen LogP contribution is -2.56. The molecule has 0 rings (SSSR count). The fourth-order valence-electron chi connectivity index (χ4n) is 1.82. The molecule has 0 aromatic carbocycles. The standard InChI is InChI=1S/C12H22Cl2N2O2/c1-7(2)9(5-13)16(12(18)11(15)17)10(6-14)8(3)4/h7-10H,5-6H2,1-4H3,(H2,15,17). The van der Waals surface area contributed by atoms with Gasteiger partial charge in [0.05, 0.1) is 0 Å². The van der Waals surface area contributed by atoms with Crippen molar-refractivity contribution < 1.29 is 9.59 Å². The van der Waals surface area contributed by atoms with Crippen LogP contribution in [0.1, 0.15) is 27.7 Å². The van der Waals surface area contributed by atoms with E-state index in [9.17, 15) is 9.59 Å². The number of primary amides is 1. The summed E-state index contributed by atoms with van der Waals surface area (Å²) in [5, 5.41) is 0. The second kappa shape index (κ2) is 7.85. The summed E-state index contributed by atoms with van der Waals surface area (Å²) in [6.07, 6.45) is 0. The van der Waals surface area contributed by atoms with E-state index in [1.165, 1.54) is 4.90 Å². The van der Waals surface area contributed by atoms with Gasteiger partial charge in [0.15, 0.2) is 0 Å². The van der Waals surface area contributed by atoms with Crippen LogP contribution in [0.2, 0.25) is 0 Å². The second-order valence-electron chi connectivity index (χ2n) is 5.01. The lowest BCUT2D eigenvalue weighted by atomic mass is 9.97. The summed E-state index contributed by atoms with van der Waals surface area (Å²) in [7, 11) is 0. The molecule has 0 fully saturated rings. The summed E-state index contributed by atoms with van der Waals surface area (Å²) >= 11 is 11.8. The molecule has 2 atom stereocenters. The minimum atomic E-state index is -0.971. The molecular weight excluding hydrogens is 275 g/mol. The number of nitrogens with two attached hydrogens (primary N) is 1. The molecule has 0 aliphatic heterocycles. The van der Waals surface area contributed by atoms with Crippen molar-refractivity contribution in [3.63, 3.8) is 0 Å². The van der Waals surface area contributed by atoms with E-state index in [2.05, 4.69) is 0 Å². The average Bonchev–Trinajstić information content (AvgIpc) is 2.26. The topological polar surface area (TPSA) is 63.4 Å². The molecule has 0 aliphatic rings. The van der Waals surface area contributed by atoms with Crippen molar-refractivity contribution >= 4 is 35.0 Å². The Bertz CT molecular complexity index is 280. The maximum absolute atomic E-state index is 12.0. The van der Waals surface area contributed by atoms with Crippen LogP contribution in [0.15, 0.2) is 0 Å². The Kier molecular flexibility index (Phi) is 7.64. The number of nitrogens with zero attached hydrogens (tertiary/aromatic N) is 1. The largest absolute Gasteiger partial charge is 0.361 e. The van der Waals surface area contributed by atoms with Gasteiger partial charge in [-0.2, -0.15) is 0 Å². The van der Waals surface area contributed by atoms with Crippen LogP contribution in [0.5, 0.6) is 0 Å². The molecule has 2 amide bonds. The van der Waals surface area contributed by atoms with Gasteiger partial charge < -0.3 is 10.6 Å². The molecule has 0 saturated carbocycles. The molecular formula is C12H22Cl2N2O2. The van der Waals surface area contributed by atoms with Crippen molar-refractivity contribution in [3.05, 3.63) is 0 Å². The van der Waals surface area contributed by atoms with Gasteiger partial charge in [0, 0.05) is 23.8 Å². The van der Waals surface area contributed by atoms with Crippen LogP contribution in [0.3, 0.4) is 0 Å². The van der Waals surface area contributed by atoms with Crippen LogP contribution >= 0.6 is 23.2 Å². The SMILES string of the molecule is CC(C)C(CCl)N(C(=O)C(N)=O)C(CCl)C(C)C. The first kappa shape index (κ1) is 17.5. The summed E-state index contributed by atoms with van der Waals surface area (Å²) < 4.78 is 0. The zero-order valence-corrected chi connectivity index (χ0v) is 12.8. The number of rotatable bonds is 6. The van der Waals surface area contributed by atoms with Crippen molar-refractivity contribution in [3.8, 4) is 0 Å². The van der Waals surface area contributed by atoms with Gasteiger partial charge >= 0.3 is 11.8 Å². The van der Waals surface area contributed by atoms with E-state index in [-0.39, 0.29) is 35.7 Å². The molecule has 0 heterocycles. The monoisotopic (exact) mass is 296 g/mol. The van der Waals surface area contributed by atoms with Gasteiger partial charge in [-0.3, -0.25) is 9.59 Å². The van der Waals surface area contributed by atoms with Crippen LogP contribution < -0.4 is 5.73 Å². The lowest BCUT2D eigenvalue weighted by molar-refractivity contribution is -0.148. The van der Waals surface area contributed by atoms with Crippen molar-refractivity contribution in [2.45, 2.75) is 39.8 Å². The zero-order chi connectivity index (χ0) is 14.5. The number of hydrogen-bond donors (Lipinski definition) is 1. The van der Waals surface area contributed by atoms with E-state index < -0.39 is 11.8 Å². The van der Waals surface area contributed by atoms with Crippen LogP contribution in [-0.2, 0) is 9.59 Å². The number of carbonyl (C=O) groups excluding carboxylic acids is 2. The second-order valence-corrected chi connectivity index (χ2v) is 5.63. The quantitative estimate of drug-likeness (QED) is 0.600. The molecule has 0 saturated heterocycles. The molecule has 0 radical (unpaired) electrons. The third-order valence-electron chi connectivity index (χ3n) is 3.02. The number of halogens is 2. The van der Waals surface area contributed by atoms with Gasteiger partial charge in [-0.15, -0.1) is 23.2 Å². The maximum Gasteiger partial charge on any atom is 0.312 e. The maximum atomic E-state index is 12.0. The van der Waals surface area contributed by atoms with E-state index in [4.69, 9.17) is 28.9 Å². The Labute approximate surface area is 119 Å². The van der Waals surface area contributed by atoms with E-state index in [1.54, 1.807) is 0 Å². The van der Waals surface area contributed by atoms with Crippen molar-refractivity contribution in [2.24, 2.45) is 17.6 Å². The van der Waals surface area contributed by atoms with Gasteiger partial charge in [0.1, 0.15) is 0 Å². The normalized spacial score (nSPS) is 14.7. The van der Waals surface area contributed by atoms with Gasteiger partial charge in [0.2, 0.25) is 0 Å². The van der Waals surface area contributed by atoms with Crippen LogP contribution in [0, 0.1) is 11.8 Å². The van der Waals surface area contributed by atoms with Gasteiger partial charge in [-0.1, -0.05) is 27.7 Å². The molecule has 6 heteroatoms. The Morgan fingerprint density at radius 3 is 1.50 bits per heavy atom. The third kappa shape index (κ3) is 4.32. The Balaban J connectivity index is 5.39. The fourth-order valence-corrected chi connectivity index (χ4v) is 2.83. The smallest absolute Gasteiger partial charge is 0.312 e. The minimum Gasteiger partial charge on any atom is -0.361 e. The first-order valence-corrected chi connectivity index (χ1v) is 7.08. The van der Waals surface area contributed by atoms with Crippen LogP contribution in [0.4, 0.5) is 0 Å². The molecule has 106 valence electrons.